The third-order valence-electron chi connectivity index (χ3n) is 3.46. The summed E-state index contributed by atoms with van der Waals surface area (Å²) < 4.78 is 0. The van der Waals surface area contributed by atoms with Gasteiger partial charge in [0.25, 0.3) is 0 Å². The molecular weight excluding hydrogens is 224 g/mol. The molecule has 1 aliphatic heterocycles. The summed E-state index contributed by atoms with van der Waals surface area (Å²) in [7, 11) is 0. The maximum Gasteiger partial charge on any atom is 0.243 e. The molecule has 1 amide bonds. The van der Waals surface area contributed by atoms with Gasteiger partial charge in [-0.1, -0.05) is 25.1 Å². The number of carbonyl (C=O) groups excluding carboxylic acids is 1. The standard InChI is InChI=1S/C15H22N2O/c1-5-12-8-6-7-9-13(12)17-10-15(3,4)16-11(2)14(17)18/h6-9,11,16H,5,10H2,1-4H3. The van der Waals surface area contributed by atoms with Crippen molar-refractivity contribution in [3.63, 3.8) is 0 Å². The van der Waals surface area contributed by atoms with Gasteiger partial charge in [0.1, 0.15) is 0 Å². The predicted molar refractivity (Wildman–Crippen MR) is 74.8 cm³/mol. The van der Waals surface area contributed by atoms with Gasteiger partial charge in [-0.15, -0.1) is 0 Å². The lowest BCUT2D eigenvalue weighted by Crippen LogP contribution is -2.64. The zero-order chi connectivity index (χ0) is 13.3. The molecule has 1 fully saturated rings. The summed E-state index contributed by atoms with van der Waals surface area (Å²) in [6.07, 6.45) is 0.947. The van der Waals surface area contributed by atoms with Gasteiger partial charge in [-0.3, -0.25) is 10.1 Å². The summed E-state index contributed by atoms with van der Waals surface area (Å²) in [5.41, 5.74) is 2.25. The maximum atomic E-state index is 12.3. The Kier molecular flexibility index (Phi) is 3.44. The zero-order valence-electron chi connectivity index (χ0n) is 11.7. The average Bonchev–Trinajstić information content (AvgIpc) is 2.33. The van der Waals surface area contributed by atoms with Crippen LogP contribution in [0.4, 0.5) is 5.69 Å². The summed E-state index contributed by atoms with van der Waals surface area (Å²) in [5, 5.41) is 3.35. The van der Waals surface area contributed by atoms with Gasteiger partial charge in [0, 0.05) is 17.8 Å². The highest BCUT2D eigenvalue weighted by molar-refractivity contribution is 5.98. The van der Waals surface area contributed by atoms with Gasteiger partial charge in [0.05, 0.1) is 6.04 Å². The van der Waals surface area contributed by atoms with Crippen LogP contribution in [-0.2, 0) is 11.2 Å². The third kappa shape index (κ3) is 2.41. The van der Waals surface area contributed by atoms with E-state index < -0.39 is 0 Å². The monoisotopic (exact) mass is 246 g/mol. The first-order valence-corrected chi connectivity index (χ1v) is 6.61. The van der Waals surface area contributed by atoms with Crippen molar-refractivity contribution in [1.82, 2.24) is 5.32 Å². The Labute approximate surface area is 109 Å². The van der Waals surface area contributed by atoms with Crippen molar-refractivity contribution in [3.05, 3.63) is 29.8 Å². The molecule has 0 saturated carbocycles. The lowest BCUT2D eigenvalue weighted by molar-refractivity contribution is -0.122. The van der Waals surface area contributed by atoms with Gasteiger partial charge in [-0.2, -0.15) is 0 Å². The number of anilines is 1. The van der Waals surface area contributed by atoms with Gasteiger partial charge in [0.15, 0.2) is 0 Å². The third-order valence-corrected chi connectivity index (χ3v) is 3.46. The van der Waals surface area contributed by atoms with Crippen LogP contribution in [0.2, 0.25) is 0 Å². The number of rotatable bonds is 2. The molecule has 1 unspecified atom stereocenters. The number of nitrogens with one attached hydrogen (secondary N) is 1. The number of carbonyl (C=O) groups is 1. The summed E-state index contributed by atoms with van der Waals surface area (Å²) >= 11 is 0. The van der Waals surface area contributed by atoms with E-state index in [1.165, 1.54) is 5.56 Å². The molecular formula is C15H22N2O. The fourth-order valence-corrected chi connectivity index (χ4v) is 2.68. The number of nitrogens with zero attached hydrogens (tertiary/aromatic N) is 1. The number of hydrogen-bond acceptors (Lipinski definition) is 2. The topological polar surface area (TPSA) is 32.3 Å². The summed E-state index contributed by atoms with van der Waals surface area (Å²) in [4.78, 5) is 14.3. The molecule has 0 aromatic heterocycles. The summed E-state index contributed by atoms with van der Waals surface area (Å²) in [6.45, 7) is 9.05. The second-order valence-electron chi connectivity index (χ2n) is 5.66. The molecule has 3 heteroatoms. The van der Waals surface area contributed by atoms with Crippen LogP contribution >= 0.6 is 0 Å². The minimum Gasteiger partial charge on any atom is -0.309 e. The zero-order valence-corrected chi connectivity index (χ0v) is 11.7. The first-order chi connectivity index (χ1) is 8.44. The molecule has 0 radical (unpaired) electrons. The number of aryl methyl sites for hydroxylation is 1. The van der Waals surface area contributed by atoms with E-state index in [0.717, 1.165) is 12.1 Å². The molecule has 1 aliphatic rings. The van der Waals surface area contributed by atoms with Crippen LogP contribution in [0.15, 0.2) is 24.3 Å². The number of piperazine rings is 1. The highest BCUT2D eigenvalue weighted by Crippen LogP contribution is 2.26. The quantitative estimate of drug-likeness (QED) is 0.868. The fourth-order valence-electron chi connectivity index (χ4n) is 2.68. The van der Waals surface area contributed by atoms with Gasteiger partial charge in [0.2, 0.25) is 5.91 Å². The molecule has 2 rings (SSSR count). The van der Waals surface area contributed by atoms with E-state index in [0.29, 0.717) is 6.54 Å². The predicted octanol–water partition coefficient (Wildman–Crippen LogP) is 2.35. The van der Waals surface area contributed by atoms with Gasteiger partial charge < -0.3 is 4.90 Å². The molecule has 1 saturated heterocycles. The van der Waals surface area contributed by atoms with Crippen LogP contribution in [0.1, 0.15) is 33.3 Å². The Bertz CT molecular complexity index is 454. The highest BCUT2D eigenvalue weighted by atomic mass is 16.2. The minimum atomic E-state index is -0.126. The van der Waals surface area contributed by atoms with Crippen molar-refractivity contribution in [1.29, 1.82) is 0 Å². The average molecular weight is 246 g/mol. The Morgan fingerprint density at radius 2 is 2.06 bits per heavy atom. The molecule has 1 aromatic carbocycles. The Hall–Kier alpha value is -1.35. The van der Waals surface area contributed by atoms with E-state index in [-0.39, 0.29) is 17.5 Å². The first-order valence-electron chi connectivity index (χ1n) is 6.61. The van der Waals surface area contributed by atoms with E-state index in [1.54, 1.807) is 0 Å². The second-order valence-corrected chi connectivity index (χ2v) is 5.66. The summed E-state index contributed by atoms with van der Waals surface area (Å²) in [6, 6.07) is 8.05. The van der Waals surface area contributed by atoms with Crippen molar-refractivity contribution >= 4 is 11.6 Å². The first kappa shape index (κ1) is 13.1. The van der Waals surface area contributed by atoms with Crippen molar-refractivity contribution in [2.24, 2.45) is 0 Å². The molecule has 0 spiro atoms. The molecule has 18 heavy (non-hydrogen) atoms. The minimum absolute atomic E-state index is 0.0474. The molecule has 1 aromatic rings. The van der Waals surface area contributed by atoms with Crippen molar-refractivity contribution < 1.29 is 4.79 Å². The largest absolute Gasteiger partial charge is 0.309 e. The van der Waals surface area contributed by atoms with Gasteiger partial charge in [-0.25, -0.2) is 0 Å². The number of hydrogen-bond donors (Lipinski definition) is 1. The number of para-hydroxylation sites is 1. The second kappa shape index (κ2) is 4.73. The van der Waals surface area contributed by atoms with Crippen LogP contribution in [0.3, 0.4) is 0 Å². The van der Waals surface area contributed by atoms with Crippen molar-refractivity contribution in [2.75, 3.05) is 11.4 Å². The van der Waals surface area contributed by atoms with Gasteiger partial charge >= 0.3 is 0 Å². The molecule has 1 N–H and O–H groups in total. The van der Waals surface area contributed by atoms with Crippen molar-refractivity contribution in [2.45, 2.75) is 45.7 Å². The van der Waals surface area contributed by atoms with E-state index in [2.05, 4.69) is 32.2 Å². The van der Waals surface area contributed by atoms with Crippen LogP contribution in [0.5, 0.6) is 0 Å². The van der Waals surface area contributed by atoms with E-state index in [4.69, 9.17) is 0 Å². The van der Waals surface area contributed by atoms with E-state index >= 15 is 0 Å². The van der Waals surface area contributed by atoms with Crippen LogP contribution in [0, 0.1) is 0 Å². The van der Waals surface area contributed by atoms with E-state index in [9.17, 15) is 4.79 Å². The lowest BCUT2D eigenvalue weighted by Gasteiger charge is -2.42. The Balaban J connectivity index is 2.39. The molecule has 1 heterocycles. The Morgan fingerprint density at radius 3 is 2.72 bits per heavy atom. The highest BCUT2D eigenvalue weighted by Gasteiger charge is 2.36. The molecule has 98 valence electrons. The number of amides is 1. The van der Waals surface area contributed by atoms with Crippen LogP contribution < -0.4 is 10.2 Å². The summed E-state index contributed by atoms with van der Waals surface area (Å²) in [5.74, 6) is 0.162. The molecule has 0 bridgehead atoms. The molecule has 1 atom stereocenters. The number of benzene rings is 1. The van der Waals surface area contributed by atoms with Crippen LogP contribution in [0.25, 0.3) is 0 Å². The fraction of sp³-hybridized carbons (Fsp3) is 0.533. The van der Waals surface area contributed by atoms with Crippen molar-refractivity contribution in [3.8, 4) is 0 Å². The van der Waals surface area contributed by atoms with Gasteiger partial charge in [-0.05, 0) is 38.8 Å². The van der Waals surface area contributed by atoms with Crippen LogP contribution in [-0.4, -0.2) is 24.0 Å². The molecule has 3 nitrogen and oxygen atoms in total. The molecule has 0 aliphatic carbocycles. The normalized spacial score (nSPS) is 23.2. The SMILES string of the molecule is CCc1ccccc1N1CC(C)(C)NC(C)C1=O. The van der Waals surface area contributed by atoms with E-state index in [1.807, 2.05) is 30.0 Å². The lowest BCUT2D eigenvalue weighted by atomic mass is 9.97. The Morgan fingerprint density at radius 1 is 1.39 bits per heavy atom. The maximum absolute atomic E-state index is 12.3. The smallest absolute Gasteiger partial charge is 0.243 e.